The Kier molecular flexibility index (Phi) is 6.92. The maximum atomic E-state index is 12.9. The van der Waals surface area contributed by atoms with E-state index in [1.807, 2.05) is 0 Å². The van der Waals surface area contributed by atoms with Gasteiger partial charge in [0.2, 0.25) is 26.0 Å². The van der Waals surface area contributed by atoms with Crippen LogP contribution < -0.4 is 15.2 Å². The Balaban J connectivity index is 1.62. The average molecular weight is 488 g/mol. The minimum absolute atomic E-state index is 0.0531. The molecule has 9 nitrogen and oxygen atoms in total. The summed E-state index contributed by atoms with van der Waals surface area (Å²) in [5.41, 5.74) is 0.431. The fourth-order valence-electron chi connectivity index (χ4n) is 3.29. The van der Waals surface area contributed by atoms with Crippen LogP contribution >= 0.6 is 11.6 Å². The second-order valence-corrected chi connectivity index (χ2v) is 10.9. The van der Waals surface area contributed by atoms with Crippen molar-refractivity contribution in [3.63, 3.8) is 0 Å². The lowest BCUT2D eigenvalue weighted by molar-refractivity contribution is -0.120. The number of primary sulfonamides is 1. The highest BCUT2D eigenvalue weighted by Crippen LogP contribution is 2.30. The van der Waals surface area contributed by atoms with Crippen LogP contribution in [0.2, 0.25) is 5.02 Å². The van der Waals surface area contributed by atoms with E-state index in [1.54, 1.807) is 0 Å². The molecule has 1 aliphatic rings. The van der Waals surface area contributed by atoms with Gasteiger partial charge in [-0.2, -0.15) is 4.31 Å². The summed E-state index contributed by atoms with van der Waals surface area (Å²) in [5.74, 6) is -0.246. The van der Waals surface area contributed by atoms with Gasteiger partial charge in [-0.25, -0.2) is 22.0 Å². The number of amides is 1. The molecule has 1 aliphatic heterocycles. The highest BCUT2D eigenvalue weighted by atomic mass is 35.5. The number of rotatable bonds is 6. The Morgan fingerprint density at radius 2 is 1.65 bits per heavy atom. The Labute approximate surface area is 186 Å². The monoisotopic (exact) mass is 487 g/mol. The first-order chi connectivity index (χ1) is 14.5. The first kappa shape index (κ1) is 23.5. The standard InChI is InChI=1S/C19H22ClN3O6S2/c1-29-18-7-6-16(12-17(18)20)31(27,28)23-10-8-13(9-11-23)19(24)22-14-2-4-15(5-3-14)30(21,25)26/h2-7,12-13H,8-11H2,1H3,(H,22,24)(H2,21,25,26). The van der Waals surface area contributed by atoms with Crippen molar-refractivity contribution in [2.75, 3.05) is 25.5 Å². The van der Waals surface area contributed by atoms with Gasteiger partial charge in [0.1, 0.15) is 5.75 Å². The molecule has 1 heterocycles. The molecule has 3 rings (SSSR count). The number of piperidine rings is 1. The van der Waals surface area contributed by atoms with Crippen LogP contribution in [0.25, 0.3) is 0 Å². The fourth-order valence-corrected chi connectivity index (χ4v) is 5.62. The van der Waals surface area contributed by atoms with E-state index in [1.165, 1.54) is 53.9 Å². The number of anilines is 1. The first-order valence-electron chi connectivity index (χ1n) is 9.30. The van der Waals surface area contributed by atoms with E-state index in [0.29, 0.717) is 24.3 Å². The van der Waals surface area contributed by atoms with Crippen molar-refractivity contribution < 1.29 is 26.4 Å². The molecule has 1 fully saturated rings. The number of nitrogens with zero attached hydrogens (tertiary/aromatic N) is 1. The van der Waals surface area contributed by atoms with E-state index in [9.17, 15) is 21.6 Å². The Morgan fingerprint density at radius 3 is 2.16 bits per heavy atom. The van der Waals surface area contributed by atoms with Crippen LogP contribution in [0.15, 0.2) is 52.3 Å². The molecule has 31 heavy (non-hydrogen) atoms. The third kappa shape index (κ3) is 5.36. The molecule has 12 heteroatoms. The smallest absolute Gasteiger partial charge is 0.243 e. The van der Waals surface area contributed by atoms with Gasteiger partial charge in [-0.15, -0.1) is 0 Å². The zero-order valence-electron chi connectivity index (χ0n) is 16.6. The lowest BCUT2D eigenvalue weighted by Gasteiger charge is -2.30. The normalized spacial score (nSPS) is 16.1. The molecule has 0 radical (unpaired) electrons. The number of benzene rings is 2. The summed E-state index contributed by atoms with van der Waals surface area (Å²) in [6, 6.07) is 9.79. The van der Waals surface area contributed by atoms with Crippen molar-refractivity contribution in [3.8, 4) is 5.75 Å². The number of carbonyl (C=O) groups is 1. The summed E-state index contributed by atoms with van der Waals surface area (Å²) < 4.78 is 54.8. The molecule has 3 N–H and O–H groups in total. The van der Waals surface area contributed by atoms with Gasteiger partial charge >= 0.3 is 0 Å². The maximum Gasteiger partial charge on any atom is 0.243 e. The van der Waals surface area contributed by atoms with Crippen LogP contribution in [0.1, 0.15) is 12.8 Å². The molecular weight excluding hydrogens is 466 g/mol. The van der Waals surface area contributed by atoms with E-state index < -0.39 is 20.0 Å². The van der Waals surface area contributed by atoms with E-state index in [2.05, 4.69) is 5.32 Å². The number of ether oxygens (including phenoxy) is 1. The molecule has 1 saturated heterocycles. The number of nitrogens with two attached hydrogens (primary N) is 1. The predicted octanol–water partition coefficient (Wildman–Crippen LogP) is 2.04. The zero-order chi connectivity index (χ0) is 22.8. The van der Waals surface area contributed by atoms with Crippen LogP contribution in [0.5, 0.6) is 5.75 Å². The third-order valence-corrected chi connectivity index (χ3v) is 8.16. The number of halogens is 1. The quantitative estimate of drug-likeness (QED) is 0.639. The minimum atomic E-state index is -3.81. The lowest BCUT2D eigenvalue weighted by atomic mass is 9.97. The topological polar surface area (TPSA) is 136 Å². The van der Waals surface area contributed by atoms with E-state index in [-0.39, 0.29) is 39.7 Å². The number of carbonyl (C=O) groups excluding carboxylic acids is 1. The van der Waals surface area contributed by atoms with Crippen molar-refractivity contribution in [2.24, 2.45) is 11.1 Å². The molecule has 2 aromatic carbocycles. The van der Waals surface area contributed by atoms with Gasteiger partial charge < -0.3 is 10.1 Å². The van der Waals surface area contributed by atoms with Gasteiger partial charge in [0.25, 0.3) is 0 Å². The molecular formula is C19H22ClN3O6S2. The summed E-state index contributed by atoms with van der Waals surface area (Å²) in [5, 5.41) is 7.98. The molecule has 2 aromatic rings. The van der Waals surface area contributed by atoms with Crippen molar-refractivity contribution in [1.29, 1.82) is 0 Å². The molecule has 0 saturated carbocycles. The van der Waals surface area contributed by atoms with Crippen molar-refractivity contribution in [1.82, 2.24) is 4.31 Å². The average Bonchev–Trinajstić information content (AvgIpc) is 2.73. The van der Waals surface area contributed by atoms with E-state index >= 15 is 0 Å². The molecule has 0 unspecified atom stereocenters. The second-order valence-electron chi connectivity index (χ2n) is 7.03. The molecule has 0 bridgehead atoms. The fraction of sp³-hybridized carbons (Fsp3) is 0.316. The number of hydrogen-bond acceptors (Lipinski definition) is 6. The molecule has 0 aromatic heterocycles. The van der Waals surface area contributed by atoms with Crippen LogP contribution in [-0.4, -0.2) is 47.2 Å². The summed E-state index contributed by atoms with van der Waals surface area (Å²) in [6.07, 6.45) is 0.703. The number of nitrogens with one attached hydrogen (secondary N) is 1. The number of hydrogen-bond donors (Lipinski definition) is 2. The summed E-state index contributed by atoms with van der Waals surface area (Å²) in [4.78, 5) is 12.6. The van der Waals surface area contributed by atoms with Crippen molar-refractivity contribution in [2.45, 2.75) is 22.6 Å². The molecule has 0 atom stereocenters. The van der Waals surface area contributed by atoms with Gasteiger partial charge in [0.05, 0.1) is 21.9 Å². The Bertz CT molecular complexity index is 1180. The summed E-state index contributed by atoms with van der Waals surface area (Å²) in [6.45, 7) is 0.378. The number of sulfonamides is 2. The minimum Gasteiger partial charge on any atom is -0.495 e. The largest absolute Gasteiger partial charge is 0.495 e. The van der Waals surface area contributed by atoms with Crippen LogP contribution in [-0.2, 0) is 24.8 Å². The van der Waals surface area contributed by atoms with Gasteiger partial charge in [-0.05, 0) is 55.3 Å². The van der Waals surface area contributed by atoms with Crippen molar-refractivity contribution >= 4 is 43.2 Å². The van der Waals surface area contributed by atoms with Gasteiger partial charge in [-0.1, -0.05) is 11.6 Å². The third-order valence-electron chi connectivity index (χ3n) is 5.04. The van der Waals surface area contributed by atoms with Crippen molar-refractivity contribution in [3.05, 3.63) is 47.5 Å². The highest BCUT2D eigenvalue weighted by molar-refractivity contribution is 7.89. The van der Waals surface area contributed by atoms with Crippen LogP contribution in [0, 0.1) is 5.92 Å². The van der Waals surface area contributed by atoms with Crippen LogP contribution in [0.4, 0.5) is 5.69 Å². The summed E-state index contributed by atoms with van der Waals surface area (Å²) in [7, 11) is -6.11. The maximum absolute atomic E-state index is 12.9. The van der Waals surface area contributed by atoms with E-state index in [0.717, 1.165) is 0 Å². The zero-order valence-corrected chi connectivity index (χ0v) is 19.0. The van der Waals surface area contributed by atoms with E-state index in [4.69, 9.17) is 21.5 Å². The van der Waals surface area contributed by atoms with Gasteiger partial charge in [0, 0.05) is 24.7 Å². The number of methoxy groups -OCH3 is 1. The molecule has 0 spiro atoms. The summed E-state index contributed by atoms with van der Waals surface area (Å²) >= 11 is 6.05. The predicted molar refractivity (Wildman–Crippen MR) is 116 cm³/mol. The Hall–Kier alpha value is -2.18. The second kappa shape index (κ2) is 9.13. The SMILES string of the molecule is COc1ccc(S(=O)(=O)N2CCC(C(=O)Nc3ccc(S(N)(=O)=O)cc3)CC2)cc1Cl. The first-order valence-corrected chi connectivity index (χ1v) is 12.7. The van der Waals surface area contributed by atoms with Gasteiger partial charge in [0.15, 0.2) is 0 Å². The molecule has 0 aliphatic carbocycles. The molecule has 1 amide bonds. The van der Waals surface area contributed by atoms with Crippen LogP contribution in [0.3, 0.4) is 0 Å². The lowest BCUT2D eigenvalue weighted by Crippen LogP contribution is -2.41. The Morgan fingerprint density at radius 1 is 1.06 bits per heavy atom. The molecule has 168 valence electrons. The van der Waals surface area contributed by atoms with Gasteiger partial charge in [-0.3, -0.25) is 4.79 Å². The highest BCUT2D eigenvalue weighted by Gasteiger charge is 2.32.